The molecule has 1 rings (SSSR count). The lowest BCUT2D eigenvalue weighted by atomic mass is 10.0. The van der Waals surface area contributed by atoms with Crippen molar-refractivity contribution in [1.82, 2.24) is 0 Å². The Labute approximate surface area is 97.6 Å². The van der Waals surface area contributed by atoms with Crippen molar-refractivity contribution in [1.29, 1.82) is 0 Å². The first-order valence-electron chi connectivity index (χ1n) is 5.88. The molecule has 0 heterocycles. The molecule has 0 fully saturated rings. The van der Waals surface area contributed by atoms with Crippen LogP contribution in [0.2, 0.25) is 0 Å². The number of carbonyl (C=O) groups is 1. The van der Waals surface area contributed by atoms with E-state index >= 15 is 0 Å². The first kappa shape index (κ1) is 12.8. The number of carbonyl (C=O) groups excluding carboxylic acids is 1. The van der Waals surface area contributed by atoms with Gasteiger partial charge in [0.1, 0.15) is 0 Å². The first-order chi connectivity index (χ1) is 7.65. The van der Waals surface area contributed by atoms with Gasteiger partial charge in [0.2, 0.25) is 0 Å². The van der Waals surface area contributed by atoms with E-state index in [9.17, 15) is 4.79 Å². The maximum absolute atomic E-state index is 11.7. The van der Waals surface area contributed by atoms with E-state index in [-0.39, 0.29) is 11.9 Å². The predicted octanol–water partition coefficient (Wildman–Crippen LogP) is 3.44. The second-order valence-corrected chi connectivity index (χ2v) is 4.15. The zero-order valence-electron chi connectivity index (χ0n) is 10.3. The molecule has 0 aliphatic carbocycles. The van der Waals surface area contributed by atoms with Crippen LogP contribution in [0.4, 0.5) is 0 Å². The summed E-state index contributed by atoms with van der Waals surface area (Å²) in [4.78, 5) is 11.7. The Kier molecular flexibility index (Phi) is 5.03. The standard InChI is InChI=1S/C14H20O2/c1-4-5-10-16-14(15)12(3)13-8-6-11(2)7-9-13/h6-9,12H,4-5,10H2,1-3H3. The second-order valence-electron chi connectivity index (χ2n) is 4.15. The smallest absolute Gasteiger partial charge is 0.313 e. The van der Waals surface area contributed by atoms with Crippen LogP contribution in [0.15, 0.2) is 24.3 Å². The van der Waals surface area contributed by atoms with Crippen molar-refractivity contribution >= 4 is 5.97 Å². The van der Waals surface area contributed by atoms with E-state index in [1.807, 2.05) is 38.1 Å². The van der Waals surface area contributed by atoms with E-state index in [1.54, 1.807) is 0 Å². The van der Waals surface area contributed by atoms with Crippen molar-refractivity contribution < 1.29 is 9.53 Å². The highest BCUT2D eigenvalue weighted by Gasteiger charge is 2.15. The molecule has 0 radical (unpaired) electrons. The Morgan fingerprint density at radius 1 is 1.31 bits per heavy atom. The topological polar surface area (TPSA) is 26.3 Å². The van der Waals surface area contributed by atoms with Gasteiger partial charge in [-0.2, -0.15) is 0 Å². The number of hydrogen-bond donors (Lipinski definition) is 0. The normalized spacial score (nSPS) is 12.2. The van der Waals surface area contributed by atoms with Crippen LogP contribution in [0, 0.1) is 6.92 Å². The van der Waals surface area contributed by atoms with Gasteiger partial charge >= 0.3 is 5.97 Å². The van der Waals surface area contributed by atoms with E-state index in [2.05, 4.69) is 6.92 Å². The van der Waals surface area contributed by atoms with Gasteiger partial charge in [0.05, 0.1) is 12.5 Å². The molecule has 2 heteroatoms. The lowest BCUT2D eigenvalue weighted by Gasteiger charge is -2.11. The van der Waals surface area contributed by atoms with Crippen molar-refractivity contribution in [2.75, 3.05) is 6.61 Å². The highest BCUT2D eigenvalue weighted by atomic mass is 16.5. The molecule has 0 spiro atoms. The van der Waals surface area contributed by atoms with E-state index < -0.39 is 0 Å². The van der Waals surface area contributed by atoms with Gasteiger partial charge in [-0.3, -0.25) is 4.79 Å². The van der Waals surface area contributed by atoms with Crippen LogP contribution in [0.5, 0.6) is 0 Å². The molecule has 1 unspecified atom stereocenters. The fourth-order valence-electron chi connectivity index (χ4n) is 1.43. The minimum atomic E-state index is -0.169. The van der Waals surface area contributed by atoms with Gasteiger partial charge in [-0.1, -0.05) is 43.2 Å². The molecule has 1 aromatic carbocycles. The minimum Gasteiger partial charge on any atom is -0.465 e. The van der Waals surface area contributed by atoms with E-state index in [1.165, 1.54) is 5.56 Å². The lowest BCUT2D eigenvalue weighted by Crippen LogP contribution is -2.13. The largest absolute Gasteiger partial charge is 0.465 e. The second kappa shape index (κ2) is 6.31. The molecule has 1 atom stereocenters. The van der Waals surface area contributed by atoms with Crippen molar-refractivity contribution in [2.24, 2.45) is 0 Å². The summed E-state index contributed by atoms with van der Waals surface area (Å²) in [6.45, 7) is 6.54. The van der Waals surface area contributed by atoms with Crippen molar-refractivity contribution in [3.63, 3.8) is 0 Å². The molecule has 0 aliphatic heterocycles. The van der Waals surface area contributed by atoms with Gasteiger partial charge < -0.3 is 4.74 Å². The number of rotatable bonds is 5. The Morgan fingerprint density at radius 2 is 1.94 bits per heavy atom. The summed E-state index contributed by atoms with van der Waals surface area (Å²) in [7, 11) is 0. The summed E-state index contributed by atoms with van der Waals surface area (Å²) < 4.78 is 5.19. The van der Waals surface area contributed by atoms with Crippen LogP contribution >= 0.6 is 0 Å². The maximum Gasteiger partial charge on any atom is 0.313 e. The van der Waals surface area contributed by atoms with Crippen LogP contribution in [0.25, 0.3) is 0 Å². The quantitative estimate of drug-likeness (QED) is 0.561. The van der Waals surface area contributed by atoms with E-state index in [0.29, 0.717) is 6.61 Å². The molecular weight excluding hydrogens is 200 g/mol. The Morgan fingerprint density at radius 3 is 2.50 bits per heavy atom. The number of ether oxygens (including phenoxy) is 1. The van der Waals surface area contributed by atoms with Gasteiger partial charge in [0.15, 0.2) is 0 Å². The first-order valence-corrected chi connectivity index (χ1v) is 5.88. The average molecular weight is 220 g/mol. The molecule has 0 aromatic heterocycles. The molecule has 0 aliphatic rings. The SMILES string of the molecule is CCCCOC(=O)C(C)c1ccc(C)cc1. The van der Waals surface area contributed by atoms with Gasteiger partial charge in [-0.15, -0.1) is 0 Å². The molecule has 1 aromatic rings. The fraction of sp³-hybridized carbons (Fsp3) is 0.500. The Bertz CT molecular complexity index is 327. The molecule has 0 N–H and O–H groups in total. The molecule has 0 saturated carbocycles. The molecule has 2 nitrogen and oxygen atoms in total. The van der Waals surface area contributed by atoms with E-state index in [4.69, 9.17) is 4.74 Å². The third kappa shape index (κ3) is 3.69. The number of benzene rings is 1. The monoisotopic (exact) mass is 220 g/mol. The number of aryl methyl sites for hydroxylation is 1. The summed E-state index contributed by atoms with van der Waals surface area (Å²) in [5, 5.41) is 0. The molecular formula is C14H20O2. The number of hydrogen-bond acceptors (Lipinski definition) is 2. The van der Waals surface area contributed by atoms with Crippen LogP contribution < -0.4 is 0 Å². The zero-order valence-corrected chi connectivity index (χ0v) is 10.3. The van der Waals surface area contributed by atoms with Crippen LogP contribution in [0.3, 0.4) is 0 Å². The summed E-state index contributed by atoms with van der Waals surface area (Å²) >= 11 is 0. The lowest BCUT2D eigenvalue weighted by molar-refractivity contribution is -0.145. The highest BCUT2D eigenvalue weighted by Crippen LogP contribution is 2.17. The Balaban J connectivity index is 2.53. The van der Waals surface area contributed by atoms with Gasteiger partial charge in [-0.05, 0) is 25.8 Å². The molecule has 16 heavy (non-hydrogen) atoms. The van der Waals surface area contributed by atoms with Crippen molar-refractivity contribution in [2.45, 2.75) is 39.5 Å². The average Bonchev–Trinajstić information content (AvgIpc) is 2.29. The number of esters is 1. The van der Waals surface area contributed by atoms with Crippen molar-refractivity contribution in [3.8, 4) is 0 Å². The summed E-state index contributed by atoms with van der Waals surface area (Å²) in [6, 6.07) is 8.01. The molecule has 0 amide bonds. The van der Waals surface area contributed by atoms with Crippen LogP contribution in [-0.2, 0) is 9.53 Å². The third-order valence-electron chi connectivity index (χ3n) is 2.67. The highest BCUT2D eigenvalue weighted by molar-refractivity contribution is 5.77. The Hall–Kier alpha value is -1.31. The fourth-order valence-corrected chi connectivity index (χ4v) is 1.43. The molecule has 0 bridgehead atoms. The van der Waals surface area contributed by atoms with Crippen LogP contribution in [-0.4, -0.2) is 12.6 Å². The summed E-state index contributed by atoms with van der Waals surface area (Å²) in [5.74, 6) is -0.297. The molecule has 0 saturated heterocycles. The van der Waals surface area contributed by atoms with Gasteiger partial charge in [0, 0.05) is 0 Å². The van der Waals surface area contributed by atoms with Crippen molar-refractivity contribution in [3.05, 3.63) is 35.4 Å². The van der Waals surface area contributed by atoms with Crippen LogP contribution in [0.1, 0.15) is 43.7 Å². The zero-order chi connectivity index (χ0) is 12.0. The molecule has 88 valence electrons. The minimum absolute atomic E-state index is 0.127. The van der Waals surface area contributed by atoms with E-state index in [0.717, 1.165) is 18.4 Å². The van der Waals surface area contributed by atoms with Gasteiger partial charge in [-0.25, -0.2) is 0 Å². The summed E-state index contributed by atoms with van der Waals surface area (Å²) in [6.07, 6.45) is 1.98. The van der Waals surface area contributed by atoms with Gasteiger partial charge in [0.25, 0.3) is 0 Å². The third-order valence-corrected chi connectivity index (χ3v) is 2.67. The predicted molar refractivity (Wildman–Crippen MR) is 65.5 cm³/mol. The summed E-state index contributed by atoms with van der Waals surface area (Å²) in [5.41, 5.74) is 2.22. The number of unbranched alkanes of at least 4 members (excludes halogenated alkanes) is 1. The maximum atomic E-state index is 11.7.